The van der Waals surface area contributed by atoms with Crippen LogP contribution in [0.2, 0.25) is 0 Å². The highest BCUT2D eigenvalue weighted by atomic mass is 19.1. The van der Waals surface area contributed by atoms with E-state index in [0.717, 1.165) is 18.4 Å². The van der Waals surface area contributed by atoms with Crippen molar-refractivity contribution in [2.45, 2.75) is 51.2 Å². The lowest BCUT2D eigenvalue weighted by Crippen LogP contribution is -2.57. The van der Waals surface area contributed by atoms with E-state index in [2.05, 4.69) is 0 Å². The number of carbonyl (C=O) groups excluding carboxylic acids is 1. The monoisotopic (exact) mass is 308 g/mol. The van der Waals surface area contributed by atoms with Crippen LogP contribution in [0.4, 0.5) is 9.18 Å². The highest BCUT2D eigenvalue weighted by molar-refractivity contribution is 5.70. The Bertz CT molecular complexity index is 542. The lowest BCUT2D eigenvalue weighted by molar-refractivity contribution is -0.0154. The van der Waals surface area contributed by atoms with E-state index in [4.69, 9.17) is 10.5 Å². The molecule has 1 unspecified atom stereocenters. The molecule has 1 aromatic carbocycles. The minimum absolute atomic E-state index is 0.246. The van der Waals surface area contributed by atoms with E-state index in [-0.39, 0.29) is 18.5 Å². The van der Waals surface area contributed by atoms with Crippen LogP contribution in [0.3, 0.4) is 0 Å². The number of nitrogens with zero attached hydrogens (tertiary/aromatic N) is 1. The molecule has 1 heterocycles. The molecule has 0 spiro atoms. The molecule has 0 aromatic heterocycles. The molecule has 1 amide bonds. The highest BCUT2D eigenvalue weighted by Crippen LogP contribution is 2.38. The quantitative estimate of drug-likeness (QED) is 0.911. The van der Waals surface area contributed by atoms with Gasteiger partial charge in [-0.15, -0.1) is 0 Å². The smallest absolute Gasteiger partial charge is 0.411 e. The number of rotatable bonds is 2. The molecule has 122 valence electrons. The average Bonchev–Trinajstić information content (AvgIpc) is 2.45. The second-order valence-corrected chi connectivity index (χ2v) is 6.84. The fraction of sp³-hybridized carbons (Fsp3) is 0.588. The Morgan fingerprint density at radius 2 is 2.14 bits per heavy atom. The summed E-state index contributed by atoms with van der Waals surface area (Å²) in [7, 11) is 0. The molecule has 1 aliphatic heterocycles. The summed E-state index contributed by atoms with van der Waals surface area (Å²) in [4.78, 5) is 14.3. The molecule has 0 aliphatic carbocycles. The third kappa shape index (κ3) is 3.40. The lowest BCUT2D eigenvalue weighted by Gasteiger charge is -2.47. The van der Waals surface area contributed by atoms with Crippen molar-refractivity contribution in [1.29, 1.82) is 0 Å². The average molecular weight is 308 g/mol. The van der Waals surface area contributed by atoms with Crippen molar-refractivity contribution >= 4 is 6.09 Å². The zero-order chi connectivity index (χ0) is 16.4. The first-order chi connectivity index (χ1) is 10.3. The van der Waals surface area contributed by atoms with Crippen LogP contribution in [-0.2, 0) is 10.3 Å². The molecule has 1 aromatic rings. The predicted octanol–water partition coefficient (Wildman–Crippen LogP) is 3.40. The molecule has 1 fully saturated rings. The zero-order valence-electron chi connectivity index (χ0n) is 13.6. The van der Waals surface area contributed by atoms with Gasteiger partial charge in [-0.3, -0.25) is 4.90 Å². The van der Waals surface area contributed by atoms with Crippen molar-refractivity contribution in [2.24, 2.45) is 5.73 Å². The summed E-state index contributed by atoms with van der Waals surface area (Å²) >= 11 is 0. The van der Waals surface area contributed by atoms with Gasteiger partial charge in [0.1, 0.15) is 11.4 Å². The molecule has 2 rings (SSSR count). The first kappa shape index (κ1) is 16.7. The van der Waals surface area contributed by atoms with Gasteiger partial charge in [0, 0.05) is 13.1 Å². The third-order valence-corrected chi connectivity index (χ3v) is 4.05. The molecule has 22 heavy (non-hydrogen) atoms. The molecule has 5 heteroatoms. The van der Waals surface area contributed by atoms with Crippen LogP contribution in [0.5, 0.6) is 0 Å². The SMILES string of the molecule is CC(C)(C)OC(=O)N1CCCCC1(CN)c1cccc(F)c1. The molecule has 4 nitrogen and oxygen atoms in total. The van der Waals surface area contributed by atoms with Gasteiger partial charge in [0.15, 0.2) is 0 Å². The number of likely N-dealkylation sites (tertiary alicyclic amines) is 1. The molecule has 1 atom stereocenters. The maximum absolute atomic E-state index is 13.7. The van der Waals surface area contributed by atoms with Crippen molar-refractivity contribution in [3.05, 3.63) is 35.6 Å². The Morgan fingerprint density at radius 3 is 2.73 bits per heavy atom. The van der Waals surface area contributed by atoms with Gasteiger partial charge in [0.05, 0.1) is 5.54 Å². The number of ether oxygens (including phenoxy) is 1. The molecule has 0 saturated carbocycles. The number of hydrogen-bond acceptors (Lipinski definition) is 3. The van der Waals surface area contributed by atoms with E-state index < -0.39 is 11.1 Å². The summed E-state index contributed by atoms with van der Waals surface area (Å²) in [6.07, 6.45) is 2.18. The van der Waals surface area contributed by atoms with Gasteiger partial charge in [-0.2, -0.15) is 0 Å². The topological polar surface area (TPSA) is 55.6 Å². The summed E-state index contributed by atoms with van der Waals surface area (Å²) in [6, 6.07) is 6.35. The lowest BCUT2D eigenvalue weighted by atomic mass is 9.80. The van der Waals surface area contributed by atoms with Crippen LogP contribution in [-0.4, -0.2) is 29.7 Å². The number of hydrogen-bond donors (Lipinski definition) is 1. The number of piperidine rings is 1. The Labute approximate surface area is 131 Å². The third-order valence-electron chi connectivity index (χ3n) is 4.05. The maximum atomic E-state index is 13.7. The maximum Gasteiger partial charge on any atom is 0.411 e. The van der Waals surface area contributed by atoms with E-state index in [1.165, 1.54) is 12.1 Å². The number of nitrogens with two attached hydrogens (primary N) is 1. The summed E-state index contributed by atoms with van der Waals surface area (Å²) < 4.78 is 19.2. The van der Waals surface area contributed by atoms with Gasteiger partial charge >= 0.3 is 6.09 Å². The second kappa shape index (κ2) is 6.24. The molecule has 0 radical (unpaired) electrons. The fourth-order valence-corrected chi connectivity index (χ4v) is 3.03. The van der Waals surface area contributed by atoms with Crippen LogP contribution >= 0.6 is 0 Å². The second-order valence-electron chi connectivity index (χ2n) is 6.84. The largest absolute Gasteiger partial charge is 0.444 e. The van der Waals surface area contributed by atoms with Crippen LogP contribution < -0.4 is 5.73 Å². The Kier molecular flexibility index (Phi) is 4.75. The Morgan fingerprint density at radius 1 is 1.41 bits per heavy atom. The first-order valence-electron chi connectivity index (χ1n) is 7.75. The Balaban J connectivity index is 2.39. The van der Waals surface area contributed by atoms with Crippen molar-refractivity contribution < 1.29 is 13.9 Å². The summed E-state index contributed by atoms with van der Waals surface area (Å²) in [5, 5.41) is 0. The van der Waals surface area contributed by atoms with E-state index in [0.29, 0.717) is 13.0 Å². The van der Waals surface area contributed by atoms with Crippen molar-refractivity contribution in [2.75, 3.05) is 13.1 Å². The minimum Gasteiger partial charge on any atom is -0.444 e. The van der Waals surface area contributed by atoms with Gasteiger partial charge in [-0.05, 0) is 57.7 Å². The number of carbonyl (C=O) groups is 1. The van der Waals surface area contributed by atoms with Crippen molar-refractivity contribution in [3.8, 4) is 0 Å². The number of amides is 1. The molecular weight excluding hydrogens is 283 g/mol. The first-order valence-corrected chi connectivity index (χ1v) is 7.75. The predicted molar refractivity (Wildman–Crippen MR) is 83.9 cm³/mol. The standard InChI is InChI=1S/C17H25FN2O2/c1-16(2,3)22-15(21)20-10-5-4-9-17(20,12-19)13-7-6-8-14(18)11-13/h6-8,11H,4-5,9-10,12,19H2,1-3H3. The molecule has 1 aliphatic rings. The summed E-state index contributed by atoms with van der Waals surface area (Å²) in [5.41, 5.74) is 5.51. The van der Waals surface area contributed by atoms with Gasteiger partial charge in [-0.25, -0.2) is 9.18 Å². The van der Waals surface area contributed by atoms with Gasteiger partial charge in [0.25, 0.3) is 0 Å². The fourth-order valence-electron chi connectivity index (χ4n) is 3.03. The van der Waals surface area contributed by atoms with Crippen molar-refractivity contribution in [3.63, 3.8) is 0 Å². The number of halogens is 1. The van der Waals surface area contributed by atoms with Gasteiger partial charge < -0.3 is 10.5 Å². The van der Waals surface area contributed by atoms with E-state index in [1.54, 1.807) is 11.0 Å². The van der Waals surface area contributed by atoms with Crippen LogP contribution in [0.15, 0.2) is 24.3 Å². The normalized spacial score (nSPS) is 22.5. The van der Waals surface area contributed by atoms with Crippen molar-refractivity contribution in [1.82, 2.24) is 4.90 Å². The van der Waals surface area contributed by atoms with Crippen LogP contribution in [0.25, 0.3) is 0 Å². The Hall–Kier alpha value is -1.62. The molecule has 2 N–H and O–H groups in total. The van der Waals surface area contributed by atoms with E-state index in [1.807, 2.05) is 26.8 Å². The van der Waals surface area contributed by atoms with Crippen LogP contribution in [0, 0.1) is 5.82 Å². The van der Waals surface area contributed by atoms with E-state index in [9.17, 15) is 9.18 Å². The minimum atomic E-state index is -0.692. The zero-order valence-corrected chi connectivity index (χ0v) is 13.6. The molecule has 0 bridgehead atoms. The highest BCUT2D eigenvalue weighted by Gasteiger charge is 2.43. The van der Waals surface area contributed by atoms with Gasteiger partial charge in [0.2, 0.25) is 0 Å². The molecular formula is C17H25FN2O2. The van der Waals surface area contributed by atoms with Crippen LogP contribution in [0.1, 0.15) is 45.6 Å². The number of benzene rings is 1. The molecule has 1 saturated heterocycles. The van der Waals surface area contributed by atoms with Gasteiger partial charge in [-0.1, -0.05) is 12.1 Å². The summed E-state index contributed by atoms with van der Waals surface area (Å²) in [5.74, 6) is -0.319. The summed E-state index contributed by atoms with van der Waals surface area (Å²) in [6.45, 7) is 6.32. The van der Waals surface area contributed by atoms with E-state index >= 15 is 0 Å².